The van der Waals surface area contributed by atoms with Crippen molar-refractivity contribution in [2.45, 2.75) is 25.2 Å². The fourth-order valence-corrected chi connectivity index (χ4v) is 7.09. The number of alkyl halides is 6. The molecule has 8 rings (SSSR count). The average molecular weight is 1040 g/mol. The van der Waals surface area contributed by atoms with Crippen molar-refractivity contribution < 1.29 is 82.4 Å². The summed E-state index contributed by atoms with van der Waals surface area (Å²) in [6.45, 7) is 1.06. The standard InChI is InChI=1S/C23H15F5N2O4.C15H8BrF5N2O2.C8H8O2/c24-15-6-4-12(10-13(15)21(29)31)30-22(32)18-16(7-5-14(19(18)25)23(26,27)28)34-17-3-1-2-11-8-9-33-20(11)17;16-9-3-2-8(15(19,20)21)12(18)11(9)14(25)23-6-1-4-10(17)7(5-6)13(22)24;9-7-3-1-2-6-4-5-10-8(6)7/h1-7,10H,8-9H2,(H2,29,31)(H,30,32);1-5H,(H2,22,24)(H,23,25);1-3,9H,4-5H2. The topological polar surface area (TPSA) is 192 Å². The summed E-state index contributed by atoms with van der Waals surface area (Å²) in [5.41, 5.74) is 5.21. The van der Waals surface area contributed by atoms with E-state index >= 15 is 4.39 Å². The van der Waals surface area contributed by atoms with Gasteiger partial charge >= 0.3 is 12.4 Å². The summed E-state index contributed by atoms with van der Waals surface area (Å²) in [7, 11) is 0. The number of carbonyl (C=O) groups excluding carboxylic acids is 4. The van der Waals surface area contributed by atoms with E-state index in [1.807, 2.05) is 12.1 Å². The molecule has 7 N–H and O–H groups in total. The van der Waals surface area contributed by atoms with E-state index in [1.54, 1.807) is 18.2 Å². The number of phenolic OH excluding ortho intramolecular Hbond substituents is 1. The van der Waals surface area contributed by atoms with Crippen LogP contribution in [-0.4, -0.2) is 41.9 Å². The lowest BCUT2D eigenvalue weighted by Crippen LogP contribution is -2.19. The van der Waals surface area contributed by atoms with E-state index in [2.05, 4.69) is 26.6 Å². The van der Waals surface area contributed by atoms with Crippen LogP contribution in [0.5, 0.6) is 28.7 Å². The third kappa shape index (κ3) is 11.7. The Kier molecular flexibility index (Phi) is 15.1. The number of phenols is 1. The van der Waals surface area contributed by atoms with Crippen LogP contribution in [0.15, 0.2) is 102 Å². The number of hydrogen-bond donors (Lipinski definition) is 5. The maximum absolute atomic E-state index is 15.0. The molecule has 23 heteroatoms. The fourth-order valence-electron chi connectivity index (χ4n) is 6.61. The number of hydrogen-bond acceptors (Lipinski definition) is 8. The Bertz CT molecular complexity index is 3000. The summed E-state index contributed by atoms with van der Waals surface area (Å²) in [6, 6.07) is 18.4. The van der Waals surface area contributed by atoms with E-state index in [-0.39, 0.29) is 27.3 Å². The maximum atomic E-state index is 15.0. The van der Waals surface area contributed by atoms with Gasteiger partial charge in [-0.3, -0.25) is 19.2 Å². The number of rotatable bonds is 8. The molecule has 0 saturated carbocycles. The Morgan fingerprint density at radius 1 is 0.594 bits per heavy atom. The van der Waals surface area contributed by atoms with Gasteiger partial charge < -0.3 is 41.4 Å². The van der Waals surface area contributed by atoms with Gasteiger partial charge in [0, 0.05) is 39.8 Å². The van der Waals surface area contributed by atoms with Crippen molar-refractivity contribution in [2.75, 3.05) is 23.8 Å². The zero-order chi connectivity index (χ0) is 50.5. The monoisotopic (exact) mass is 1040 g/mol. The first-order valence-electron chi connectivity index (χ1n) is 19.6. The molecule has 360 valence electrons. The number of nitrogens with one attached hydrogen (secondary N) is 2. The van der Waals surface area contributed by atoms with Gasteiger partial charge in [0.1, 0.15) is 28.8 Å². The predicted octanol–water partition coefficient (Wildman–Crippen LogP) is 10.5. The van der Waals surface area contributed by atoms with Crippen molar-refractivity contribution in [3.05, 3.63) is 169 Å². The van der Waals surface area contributed by atoms with Gasteiger partial charge in [0.05, 0.1) is 41.0 Å². The molecular formula is C46H31BrF10N4O8. The Morgan fingerprint density at radius 3 is 1.57 bits per heavy atom. The van der Waals surface area contributed by atoms with Crippen LogP contribution in [0.1, 0.15) is 63.7 Å². The Balaban J connectivity index is 0.000000194. The highest BCUT2D eigenvalue weighted by molar-refractivity contribution is 9.10. The lowest BCUT2D eigenvalue weighted by molar-refractivity contribution is -0.140. The summed E-state index contributed by atoms with van der Waals surface area (Å²) in [5, 5.41) is 13.4. The smallest absolute Gasteiger partial charge is 0.419 e. The number of carbonyl (C=O) groups is 4. The fraction of sp³-hybridized carbons (Fsp3) is 0.130. The Morgan fingerprint density at radius 2 is 1.06 bits per heavy atom. The highest BCUT2D eigenvalue weighted by Crippen LogP contribution is 2.42. The quantitative estimate of drug-likeness (QED) is 0.0930. The van der Waals surface area contributed by atoms with E-state index in [9.17, 15) is 63.8 Å². The van der Waals surface area contributed by atoms with Gasteiger partial charge in [0.25, 0.3) is 23.6 Å². The highest BCUT2D eigenvalue weighted by Gasteiger charge is 2.39. The second-order valence-corrected chi connectivity index (χ2v) is 15.3. The van der Waals surface area contributed by atoms with Gasteiger partial charge in [-0.15, -0.1) is 0 Å². The lowest BCUT2D eigenvalue weighted by Gasteiger charge is -2.17. The molecule has 6 aromatic rings. The van der Waals surface area contributed by atoms with Crippen LogP contribution in [0.3, 0.4) is 0 Å². The summed E-state index contributed by atoms with van der Waals surface area (Å²) < 4.78 is 150. The molecule has 0 aliphatic carbocycles. The van der Waals surface area contributed by atoms with Gasteiger partial charge in [-0.05, 0) is 88.7 Å². The number of halogens is 11. The molecule has 0 aromatic heterocycles. The number of ether oxygens (including phenoxy) is 3. The van der Waals surface area contributed by atoms with Gasteiger partial charge in [-0.2, -0.15) is 26.3 Å². The van der Waals surface area contributed by atoms with Crippen molar-refractivity contribution in [3.63, 3.8) is 0 Å². The molecule has 0 atom stereocenters. The molecule has 0 spiro atoms. The minimum Gasteiger partial charge on any atom is -0.504 e. The zero-order valence-corrected chi connectivity index (χ0v) is 36.3. The number of benzene rings is 6. The largest absolute Gasteiger partial charge is 0.504 e. The molecule has 12 nitrogen and oxygen atoms in total. The third-order valence-corrected chi connectivity index (χ3v) is 10.5. The third-order valence-electron chi connectivity index (χ3n) is 9.83. The minimum atomic E-state index is -5.09. The number of nitrogens with two attached hydrogens (primary N) is 2. The van der Waals surface area contributed by atoms with Crippen LogP contribution in [0, 0.1) is 23.3 Å². The van der Waals surface area contributed by atoms with E-state index < -0.39 is 98.4 Å². The molecule has 4 amide bonds. The van der Waals surface area contributed by atoms with E-state index in [0.717, 1.165) is 66.1 Å². The van der Waals surface area contributed by atoms with Crippen molar-refractivity contribution in [2.24, 2.45) is 11.5 Å². The van der Waals surface area contributed by atoms with Gasteiger partial charge in [-0.1, -0.05) is 24.3 Å². The average Bonchev–Trinajstić information content (AvgIpc) is 3.96. The molecule has 0 fully saturated rings. The van der Waals surface area contributed by atoms with Crippen LogP contribution in [0.2, 0.25) is 0 Å². The maximum Gasteiger partial charge on any atom is 0.419 e. The molecule has 2 aliphatic heterocycles. The first-order valence-corrected chi connectivity index (χ1v) is 20.4. The second-order valence-electron chi connectivity index (χ2n) is 14.4. The molecule has 2 aliphatic rings. The lowest BCUT2D eigenvalue weighted by atomic mass is 10.1. The van der Waals surface area contributed by atoms with Gasteiger partial charge in [0.15, 0.2) is 28.8 Å². The van der Waals surface area contributed by atoms with Crippen LogP contribution in [0.4, 0.5) is 55.3 Å². The molecule has 0 radical (unpaired) electrons. The van der Waals surface area contributed by atoms with E-state index in [0.29, 0.717) is 43.3 Å². The van der Waals surface area contributed by atoms with Gasteiger partial charge in [-0.25, -0.2) is 17.6 Å². The summed E-state index contributed by atoms with van der Waals surface area (Å²) in [5.74, 6) is -9.52. The second kappa shape index (κ2) is 20.6. The van der Waals surface area contributed by atoms with Crippen molar-refractivity contribution >= 4 is 50.9 Å². The molecule has 0 saturated heterocycles. The van der Waals surface area contributed by atoms with Crippen molar-refractivity contribution in [3.8, 4) is 28.7 Å². The van der Waals surface area contributed by atoms with Crippen LogP contribution in [0.25, 0.3) is 0 Å². The van der Waals surface area contributed by atoms with Crippen molar-refractivity contribution in [1.82, 2.24) is 0 Å². The first kappa shape index (κ1) is 50.6. The van der Waals surface area contributed by atoms with Crippen LogP contribution < -0.4 is 36.3 Å². The van der Waals surface area contributed by atoms with Crippen LogP contribution >= 0.6 is 15.9 Å². The summed E-state index contributed by atoms with van der Waals surface area (Å²) in [4.78, 5) is 47.4. The number of primary amides is 2. The molecule has 0 unspecified atom stereocenters. The molecule has 69 heavy (non-hydrogen) atoms. The molecule has 2 heterocycles. The number of fused-ring (bicyclic) bond motifs is 2. The summed E-state index contributed by atoms with van der Waals surface area (Å²) >= 11 is 2.81. The van der Waals surface area contributed by atoms with Crippen LogP contribution in [-0.2, 0) is 25.2 Å². The van der Waals surface area contributed by atoms with E-state index in [1.165, 1.54) is 6.07 Å². The Labute approximate surface area is 390 Å². The SMILES string of the molecule is NC(=O)c1cc(NC(=O)c2c(Br)ccc(C(F)(F)F)c2F)ccc1F.NC(=O)c1cc(NC(=O)c2c(Oc3cccc4c3OCC4)ccc(C(F)(F)F)c2F)ccc1F.Oc1cccc2c1OCC2. The van der Waals surface area contributed by atoms with E-state index in [4.69, 9.17) is 25.7 Å². The zero-order valence-electron chi connectivity index (χ0n) is 34.7. The predicted molar refractivity (Wildman–Crippen MR) is 229 cm³/mol. The normalized spacial score (nSPS) is 12.4. The number of aromatic hydroxyl groups is 1. The van der Waals surface area contributed by atoms with Crippen molar-refractivity contribution in [1.29, 1.82) is 0 Å². The molecular weight excluding hydrogens is 1010 g/mol. The minimum absolute atomic E-state index is 0.0843. The Hall–Kier alpha value is -7.82. The number of para-hydroxylation sites is 2. The molecule has 6 aromatic carbocycles. The first-order chi connectivity index (χ1) is 32.5. The number of amides is 4. The van der Waals surface area contributed by atoms with Gasteiger partial charge in [0.2, 0.25) is 0 Å². The summed E-state index contributed by atoms with van der Waals surface area (Å²) in [6.07, 6.45) is -8.59. The number of anilines is 2. The molecule has 0 bridgehead atoms. The highest BCUT2D eigenvalue weighted by atomic mass is 79.9.